The summed E-state index contributed by atoms with van der Waals surface area (Å²) in [5.74, 6) is 1.32. The molecule has 0 atom stereocenters. The number of hydrogen-bond donors (Lipinski definition) is 0. The Morgan fingerprint density at radius 2 is 1.79 bits per heavy atom. The summed E-state index contributed by atoms with van der Waals surface area (Å²) in [6.07, 6.45) is 0.986. The van der Waals surface area contributed by atoms with Crippen molar-refractivity contribution in [2.75, 3.05) is 13.3 Å². The second-order valence-electron chi connectivity index (χ2n) is 5.54. The predicted octanol–water partition coefficient (Wildman–Crippen LogP) is 3.74. The Hall–Kier alpha value is -2.11. The maximum Gasteiger partial charge on any atom is 0.231 e. The molecule has 0 N–H and O–H groups in total. The Labute approximate surface area is 148 Å². The Morgan fingerprint density at radius 3 is 2.54 bits per heavy atom. The van der Waals surface area contributed by atoms with E-state index in [1.807, 2.05) is 12.1 Å². The molecule has 2 aromatic rings. The zero-order valence-electron chi connectivity index (χ0n) is 12.5. The van der Waals surface area contributed by atoms with Crippen LogP contribution in [0.4, 0.5) is 0 Å². The van der Waals surface area contributed by atoms with Crippen LogP contribution in [0, 0.1) is 0 Å². The summed E-state index contributed by atoms with van der Waals surface area (Å²) in [7, 11) is 0. The molecule has 2 aliphatic heterocycles. The Bertz CT molecular complexity index is 860. The monoisotopic (exact) mass is 362 g/mol. The average Bonchev–Trinajstić information content (AvgIpc) is 2.99. The fourth-order valence-corrected chi connectivity index (χ4v) is 3.35. The van der Waals surface area contributed by atoms with Gasteiger partial charge in [0.1, 0.15) is 10.3 Å². The van der Waals surface area contributed by atoms with E-state index in [0.717, 1.165) is 29.0 Å². The Balaban J connectivity index is 1.64. The van der Waals surface area contributed by atoms with Crippen molar-refractivity contribution < 1.29 is 14.3 Å². The van der Waals surface area contributed by atoms with Gasteiger partial charge in [-0.05, 0) is 36.2 Å². The molecule has 0 saturated heterocycles. The molecule has 0 aliphatic carbocycles. The van der Waals surface area contributed by atoms with Crippen molar-refractivity contribution in [3.05, 3.63) is 51.3 Å². The predicted molar refractivity (Wildman–Crippen MR) is 90.9 cm³/mol. The minimum absolute atomic E-state index is 0.106. The maximum absolute atomic E-state index is 12.6. The number of carbonyl (C=O) groups is 1. The lowest BCUT2D eigenvalue weighted by Gasteiger charge is -2.17. The fraction of sp³-hybridized carbons (Fsp3) is 0.235. The minimum atomic E-state index is -0.106. The number of pyridine rings is 1. The van der Waals surface area contributed by atoms with Crippen LogP contribution in [-0.2, 0) is 6.42 Å². The summed E-state index contributed by atoms with van der Waals surface area (Å²) in [5, 5.41) is 0.389. The second-order valence-corrected chi connectivity index (χ2v) is 6.32. The number of aromatic nitrogens is 1. The number of Topliss-reactive ketones (excluding diaryl/α,β-unsaturated/α-hetero) is 1. The molecule has 24 heavy (non-hydrogen) atoms. The van der Waals surface area contributed by atoms with Gasteiger partial charge in [0.2, 0.25) is 6.79 Å². The summed E-state index contributed by atoms with van der Waals surface area (Å²) < 4.78 is 10.8. The number of fused-ring (bicyclic) bond motifs is 2. The van der Waals surface area contributed by atoms with Crippen LogP contribution in [-0.4, -0.2) is 29.8 Å². The van der Waals surface area contributed by atoms with E-state index in [1.54, 1.807) is 0 Å². The van der Waals surface area contributed by atoms with Crippen molar-refractivity contribution in [1.29, 1.82) is 0 Å². The first kappa shape index (κ1) is 15.4. The van der Waals surface area contributed by atoms with Crippen LogP contribution in [0.3, 0.4) is 0 Å². The van der Waals surface area contributed by atoms with Crippen molar-refractivity contribution in [3.8, 4) is 11.5 Å². The molecule has 0 amide bonds. The lowest BCUT2D eigenvalue weighted by molar-refractivity contribution is 0.100. The highest BCUT2D eigenvalue weighted by Crippen LogP contribution is 2.36. The molecule has 0 spiro atoms. The van der Waals surface area contributed by atoms with Crippen molar-refractivity contribution >= 4 is 34.7 Å². The van der Waals surface area contributed by atoms with Gasteiger partial charge in [0.05, 0.1) is 12.1 Å². The molecule has 1 aromatic carbocycles. The lowest BCUT2D eigenvalue weighted by atomic mass is 9.93. The van der Waals surface area contributed by atoms with Crippen molar-refractivity contribution in [3.63, 3.8) is 0 Å². The molecule has 0 unspecified atom stereocenters. The quantitative estimate of drug-likeness (QED) is 0.616. The van der Waals surface area contributed by atoms with Gasteiger partial charge >= 0.3 is 0 Å². The number of carbonyl (C=O) groups excluding carboxylic acids is 1. The van der Waals surface area contributed by atoms with E-state index in [2.05, 4.69) is 9.98 Å². The highest BCUT2D eigenvalue weighted by Gasteiger charge is 2.23. The molecule has 7 heteroatoms. The molecule has 3 heterocycles. The number of nitrogens with zero attached hydrogens (tertiary/aromatic N) is 2. The second kappa shape index (κ2) is 6.07. The van der Waals surface area contributed by atoms with E-state index in [-0.39, 0.29) is 29.3 Å². The molecule has 0 radical (unpaired) electrons. The summed E-state index contributed by atoms with van der Waals surface area (Å²) in [5.41, 5.74) is 3.21. The standard InChI is InChI=1S/C17H12Cl2N2O3/c18-16-4-10(5-17(19)21-16)13(22)7-12-11-6-15-14(23-8-24-15)3-9(11)1-2-20-12/h3-6H,1-2,7-8H2. The van der Waals surface area contributed by atoms with Gasteiger partial charge in [-0.3, -0.25) is 9.79 Å². The summed E-state index contributed by atoms with van der Waals surface area (Å²) in [6, 6.07) is 6.89. The smallest absolute Gasteiger partial charge is 0.231 e. The van der Waals surface area contributed by atoms with E-state index in [1.165, 1.54) is 12.1 Å². The largest absolute Gasteiger partial charge is 0.454 e. The molecule has 4 rings (SSSR count). The molecular formula is C17H12Cl2N2O3. The fourth-order valence-electron chi connectivity index (χ4n) is 2.89. The number of aliphatic imine (C=N–C) groups is 1. The van der Waals surface area contributed by atoms with Crippen LogP contribution in [0.15, 0.2) is 29.3 Å². The molecule has 122 valence electrons. The molecule has 5 nitrogen and oxygen atoms in total. The molecule has 1 aromatic heterocycles. The first-order chi connectivity index (χ1) is 11.6. The van der Waals surface area contributed by atoms with Crippen molar-refractivity contribution in [1.82, 2.24) is 4.98 Å². The zero-order chi connectivity index (χ0) is 16.7. The normalized spacial score (nSPS) is 15.0. The van der Waals surface area contributed by atoms with E-state index >= 15 is 0 Å². The molecule has 0 fully saturated rings. The van der Waals surface area contributed by atoms with Crippen LogP contribution in [0.25, 0.3) is 0 Å². The minimum Gasteiger partial charge on any atom is -0.454 e. The molecule has 0 saturated carbocycles. The van der Waals surface area contributed by atoms with Crippen LogP contribution in [0.2, 0.25) is 10.3 Å². The Morgan fingerprint density at radius 1 is 1.08 bits per heavy atom. The van der Waals surface area contributed by atoms with Crippen molar-refractivity contribution in [2.24, 2.45) is 4.99 Å². The molecule has 2 aliphatic rings. The van der Waals surface area contributed by atoms with Crippen LogP contribution in [0.1, 0.15) is 27.9 Å². The van der Waals surface area contributed by atoms with Gasteiger partial charge in [0.25, 0.3) is 0 Å². The topological polar surface area (TPSA) is 60.8 Å². The number of rotatable bonds is 3. The number of benzene rings is 1. The highest BCUT2D eigenvalue weighted by molar-refractivity contribution is 6.33. The molecule has 0 bridgehead atoms. The molecular weight excluding hydrogens is 351 g/mol. The van der Waals surface area contributed by atoms with E-state index in [0.29, 0.717) is 17.9 Å². The summed E-state index contributed by atoms with van der Waals surface area (Å²) in [4.78, 5) is 21.0. The van der Waals surface area contributed by atoms with E-state index in [9.17, 15) is 4.79 Å². The first-order valence-corrected chi connectivity index (χ1v) is 8.18. The maximum atomic E-state index is 12.6. The summed E-state index contributed by atoms with van der Waals surface area (Å²) >= 11 is 11.7. The highest BCUT2D eigenvalue weighted by atomic mass is 35.5. The zero-order valence-corrected chi connectivity index (χ0v) is 14.0. The van der Waals surface area contributed by atoms with Crippen molar-refractivity contribution in [2.45, 2.75) is 12.8 Å². The Kier molecular flexibility index (Phi) is 3.90. The van der Waals surface area contributed by atoms with E-state index < -0.39 is 0 Å². The van der Waals surface area contributed by atoms with E-state index in [4.69, 9.17) is 32.7 Å². The van der Waals surface area contributed by atoms with Crippen LogP contribution in [0.5, 0.6) is 11.5 Å². The van der Waals surface area contributed by atoms with Gasteiger partial charge in [0.15, 0.2) is 17.3 Å². The van der Waals surface area contributed by atoms with Crippen LogP contribution < -0.4 is 9.47 Å². The van der Waals surface area contributed by atoms with Gasteiger partial charge in [-0.1, -0.05) is 23.2 Å². The number of ether oxygens (including phenoxy) is 2. The third kappa shape index (κ3) is 2.85. The third-order valence-corrected chi connectivity index (χ3v) is 4.39. The average molecular weight is 363 g/mol. The van der Waals surface area contributed by atoms with Gasteiger partial charge in [-0.2, -0.15) is 0 Å². The van der Waals surface area contributed by atoms with Gasteiger partial charge in [-0.25, -0.2) is 4.98 Å². The lowest BCUT2D eigenvalue weighted by Crippen LogP contribution is -2.17. The number of ketones is 1. The van der Waals surface area contributed by atoms with Crippen LogP contribution >= 0.6 is 23.2 Å². The first-order valence-electron chi connectivity index (χ1n) is 7.42. The summed E-state index contributed by atoms with van der Waals surface area (Å²) in [6.45, 7) is 0.866. The third-order valence-electron chi connectivity index (χ3n) is 4.01. The van der Waals surface area contributed by atoms with Gasteiger partial charge in [-0.15, -0.1) is 0 Å². The number of halogens is 2. The van der Waals surface area contributed by atoms with Gasteiger partial charge < -0.3 is 9.47 Å². The SMILES string of the molecule is O=C(CC1=NCCc2cc3c(cc21)OCO3)c1cc(Cl)nc(Cl)c1. The van der Waals surface area contributed by atoms with Gasteiger partial charge in [0, 0.05) is 17.7 Å². The number of hydrogen-bond acceptors (Lipinski definition) is 5.